The first-order chi connectivity index (χ1) is 9.90. The molecule has 1 aromatic rings. The minimum absolute atomic E-state index is 0.794. The van der Waals surface area contributed by atoms with Crippen molar-refractivity contribution < 1.29 is 0 Å². The summed E-state index contributed by atoms with van der Waals surface area (Å²) in [5.74, 6) is 0. The predicted molar refractivity (Wildman–Crippen MR) is 81.6 cm³/mol. The summed E-state index contributed by atoms with van der Waals surface area (Å²) >= 11 is 0. The number of likely N-dealkylation sites (tertiary alicyclic amines) is 2. The minimum Gasteiger partial charge on any atom is -0.315 e. The van der Waals surface area contributed by atoms with Gasteiger partial charge in [-0.1, -0.05) is 30.3 Å². The molecule has 2 bridgehead atoms. The van der Waals surface area contributed by atoms with Crippen molar-refractivity contribution in [2.75, 3.05) is 26.2 Å². The summed E-state index contributed by atoms with van der Waals surface area (Å²) in [6.07, 6.45) is 4.14. The van der Waals surface area contributed by atoms with E-state index in [1.165, 1.54) is 51.0 Å². The molecule has 3 aliphatic heterocycles. The Labute approximate surface area is 121 Å². The molecule has 3 fully saturated rings. The molecule has 1 aromatic carbocycles. The van der Waals surface area contributed by atoms with E-state index in [0.717, 1.165) is 24.7 Å². The Hall–Kier alpha value is -0.900. The zero-order valence-electron chi connectivity index (χ0n) is 12.2. The molecule has 3 unspecified atom stereocenters. The van der Waals surface area contributed by atoms with Crippen molar-refractivity contribution in [1.82, 2.24) is 15.1 Å². The van der Waals surface area contributed by atoms with Crippen molar-refractivity contribution in [2.45, 2.75) is 43.9 Å². The van der Waals surface area contributed by atoms with Crippen molar-refractivity contribution in [2.24, 2.45) is 0 Å². The molecule has 3 heteroatoms. The standard InChI is InChI=1S/C17H25N3/c1-2-5-14(6-3-1)11-19-12-17-9-16(19)13-20(17)15-7-4-8-18-10-15/h1-3,5-6,15-18H,4,7-13H2. The molecule has 0 radical (unpaired) electrons. The van der Waals surface area contributed by atoms with Crippen LogP contribution >= 0.6 is 0 Å². The van der Waals surface area contributed by atoms with Crippen LogP contribution in [0.2, 0.25) is 0 Å². The van der Waals surface area contributed by atoms with Gasteiger partial charge in [0, 0.05) is 44.3 Å². The fraction of sp³-hybridized carbons (Fsp3) is 0.647. The van der Waals surface area contributed by atoms with Gasteiger partial charge in [0.05, 0.1) is 0 Å². The normalized spacial score (nSPS) is 34.7. The zero-order valence-corrected chi connectivity index (χ0v) is 12.2. The summed E-state index contributed by atoms with van der Waals surface area (Å²) in [4.78, 5) is 5.51. The van der Waals surface area contributed by atoms with Gasteiger partial charge in [-0.2, -0.15) is 0 Å². The molecule has 3 nitrogen and oxygen atoms in total. The third-order valence-corrected chi connectivity index (χ3v) is 5.36. The first-order valence-electron chi connectivity index (χ1n) is 8.14. The third kappa shape index (κ3) is 2.39. The zero-order chi connectivity index (χ0) is 13.4. The van der Waals surface area contributed by atoms with Crippen LogP contribution in [0.5, 0.6) is 0 Å². The Bertz CT molecular complexity index is 441. The van der Waals surface area contributed by atoms with E-state index in [4.69, 9.17) is 0 Å². The van der Waals surface area contributed by atoms with Gasteiger partial charge in [0.25, 0.3) is 0 Å². The quantitative estimate of drug-likeness (QED) is 0.903. The number of piperazine rings is 1. The summed E-state index contributed by atoms with van der Waals surface area (Å²) in [7, 11) is 0. The monoisotopic (exact) mass is 271 g/mol. The number of nitrogens with one attached hydrogen (secondary N) is 1. The third-order valence-electron chi connectivity index (χ3n) is 5.36. The molecule has 0 aromatic heterocycles. The van der Waals surface area contributed by atoms with Crippen LogP contribution in [0.15, 0.2) is 30.3 Å². The minimum atomic E-state index is 0.794. The number of nitrogens with zero attached hydrogens (tertiary/aromatic N) is 2. The second-order valence-electron chi connectivity index (χ2n) is 6.66. The molecule has 4 rings (SSSR count). The van der Waals surface area contributed by atoms with Crippen molar-refractivity contribution in [1.29, 1.82) is 0 Å². The van der Waals surface area contributed by atoms with Gasteiger partial charge < -0.3 is 5.32 Å². The van der Waals surface area contributed by atoms with Crippen molar-refractivity contribution in [3.63, 3.8) is 0 Å². The Kier molecular flexibility index (Phi) is 3.51. The molecule has 3 saturated heterocycles. The second kappa shape index (κ2) is 5.47. The average Bonchev–Trinajstić information content (AvgIpc) is 3.09. The van der Waals surface area contributed by atoms with E-state index in [0.29, 0.717) is 0 Å². The highest BCUT2D eigenvalue weighted by molar-refractivity contribution is 5.16. The van der Waals surface area contributed by atoms with E-state index in [1.807, 2.05) is 0 Å². The molecular weight excluding hydrogens is 246 g/mol. The number of fused-ring (bicyclic) bond motifs is 2. The van der Waals surface area contributed by atoms with E-state index in [1.54, 1.807) is 0 Å². The van der Waals surface area contributed by atoms with Crippen LogP contribution in [0.1, 0.15) is 24.8 Å². The van der Waals surface area contributed by atoms with Gasteiger partial charge in [0.15, 0.2) is 0 Å². The van der Waals surface area contributed by atoms with Crippen LogP contribution in [0.25, 0.3) is 0 Å². The largest absolute Gasteiger partial charge is 0.315 e. The van der Waals surface area contributed by atoms with Gasteiger partial charge in [0.2, 0.25) is 0 Å². The number of piperidine rings is 1. The molecule has 3 aliphatic rings. The van der Waals surface area contributed by atoms with Crippen molar-refractivity contribution >= 4 is 0 Å². The van der Waals surface area contributed by atoms with Crippen LogP contribution in [-0.2, 0) is 6.54 Å². The Morgan fingerprint density at radius 3 is 2.65 bits per heavy atom. The van der Waals surface area contributed by atoms with E-state index in [-0.39, 0.29) is 0 Å². The van der Waals surface area contributed by atoms with Gasteiger partial charge in [-0.15, -0.1) is 0 Å². The highest BCUT2D eigenvalue weighted by atomic mass is 15.4. The number of rotatable bonds is 3. The Balaban J connectivity index is 1.37. The van der Waals surface area contributed by atoms with Crippen LogP contribution < -0.4 is 5.32 Å². The highest BCUT2D eigenvalue weighted by Crippen LogP contribution is 2.34. The highest BCUT2D eigenvalue weighted by Gasteiger charge is 2.45. The predicted octanol–water partition coefficient (Wildman–Crippen LogP) is 1.70. The van der Waals surface area contributed by atoms with Gasteiger partial charge in [-0.3, -0.25) is 9.80 Å². The maximum Gasteiger partial charge on any atom is 0.0242 e. The lowest BCUT2D eigenvalue weighted by Gasteiger charge is -2.40. The van der Waals surface area contributed by atoms with Gasteiger partial charge in [-0.25, -0.2) is 0 Å². The SMILES string of the molecule is c1ccc(CN2CC3CC2CN3C2CCCNC2)cc1. The van der Waals surface area contributed by atoms with Crippen LogP contribution in [0, 0.1) is 0 Å². The molecule has 1 N–H and O–H groups in total. The summed E-state index contributed by atoms with van der Waals surface area (Å²) in [6.45, 7) is 6.14. The fourth-order valence-corrected chi connectivity index (χ4v) is 4.36. The Morgan fingerprint density at radius 2 is 1.95 bits per heavy atom. The molecule has 0 aliphatic carbocycles. The average molecular weight is 271 g/mol. The first-order valence-corrected chi connectivity index (χ1v) is 8.14. The Morgan fingerprint density at radius 1 is 1.05 bits per heavy atom. The van der Waals surface area contributed by atoms with Crippen molar-refractivity contribution in [3.05, 3.63) is 35.9 Å². The fourth-order valence-electron chi connectivity index (χ4n) is 4.36. The lowest BCUT2D eigenvalue weighted by molar-refractivity contribution is 0.0767. The topological polar surface area (TPSA) is 18.5 Å². The number of hydrogen-bond acceptors (Lipinski definition) is 3. The molecular formula is C17H25N3. The van der Waals surface area contributed by atoms with E-state index < -0.39 is 0 Å². The van der Waals surface area contributed by atoms with Gasteiger partial charge >= 0.3 is 0 Å². The molecule has 0 saturated carbocycles. The lowest BCUT2D eigenvalue weighted by Crippen LogP contribution is -2.54. The number of hydrogen-bond donors (Lipinski definition) is 1. The lowest BCUT2D eigenvalue weighted by atomic mass is 10.0. The summed E-state index contributed by atoms with van der Waals surface area (Å²) in [5.41, 5.74) is 1.46. The molecule has 20 heavy (non-hydrogen) atoms. The van der Waals surface area contributed by atoms with Crippen LogP contribution in [0.3, 0.4) is 0 Å². The van der Waals surface area contributed by atoms with Crippen LogP contribution in [-0.4, -0.2) is 54.1 Å². The van der Waals surface area contributed by atoms with Gasteiger partial charge in [0.1, 0.15) is 0 Å². The summed E-state index contributed by atoms with van der Waals surface area (Å²) < 4.78 is 0. The van der Waals surface area contributed by atoms with E-state index in [9.17, 15) is 0 Å². The number of benzene rings is 1. The molecule has 3 atom stereocenters. The smallest absolute Gasteiger partial charge is 0.0242 e. The van der Waals surface area contributed by atoms with Crippen molar-refractivity contribution in [3.8, 4) is 0 Å². The summed E-state index contributed by atoms with van der Waals surface area (Å²) in [5, 5.41) is 3.57. The van der Waals surface area contributed by atoms with Crippen LogP contribution in [0.4, 0.5) is 0 Å². The van der Waals surface area contributed by atoms with E-state index in [2.05, 4.69) is 45.4 Å². The molecule has 108 valence electrons. The van der Waals surface area contributed by atoms with Gasteiger partial charge in [-0.05, 0) is 31.4 Å². The molecule has 0 spiro atoms. The molecule has 3 heterocycles. The first kappa shape index (κ1) is 12.8. The summed E-state index contributed by atoms with van der Waals surface area (Å²) in [6, 6.07) is 13.3. The second-order valence-corrected chi connectivity index (χ2v) is 6.66. The maximum atomic E-state index is 3.57. The molecule has 0 amide bonds. The van der Waals surface area contributed by atoms with E-state index >= 15 is 0 Å². The maximum absolute atomic E-state index is 3.57.